The van der Waals surface area contributed by atoms with Crippen molar-refractivity contribution in [2.75, 3.05) is 13.7 Å². The number of alkyl halides is 1. The number of aliphatic hydroxyl groups is 1. The standard InChI is InChI=1S/C12H19FN3O11P3/c1-4-12(24-3,7-25-29(20,21)27-30(22,23)26-28(18)19)10(17)11(13)16-6-5-9(14)15-8(16)2/h4-6,10-11,17H,1-2,7H2,3H3,(H4-,14,15,18,19,20,21,22,23)/p+1/t10-,11-,12?/m0/s1. The molecule has 1 aliphatic rings. The Morgan fingerprint density at radius 3 is 2.53 bits per heavy atom. The smallest absolute Gasteiger partial charge is 0.385 e. The van der Waals surface area contributed by atoms with Crippen molar-refractivity contribution < 1.29 is 55.8 Å². The van der Waals surface area contributed by atoms with Crippen molar-refractivity contribution >= 4 is 29.7 Å². The van der Waals surface area contributed by atoms with E-state index in [1.54, 1.807) is 0 Å². The number of nitrogens with two attached hydrogens (primary N) is 1. The summed E-state index contributed by atoms with van der Waals surface area (Å²) in [7, 11) is -13.6. The van der Waals surface area contributed by atoms with Crippen molar-refractivity contribution in [3.05, 3.63) is 37.3 Å². The molecule has 4 unspecified atom stereocenters. The topological polar surface area (TPSA) is 211 Å². The minimum absolute atomic E-state index is 0.0293. The first kappa shape index (κ1) is 26.7. The van der Waals surface area contributed by atoms with Gasteiger partial charge in [0.2, 0.25) is 6.30 Å². The minimum atomic E-state index is -5.48. The number of aliphatic hydroxyl groups excluding tert-OH is 1. The highest BCUT2D eigenvalue weighted by Crippen LogP contribution is 2.63. The summed E-state index contributed by atoms with van der Waals surface area (Å²) in [4.78, 5) is 31.6. The minimum Gasteiger partial charge on any atom is -0.385 e. The second kappa shape index (κ2) is 10.3. The van der Waals surface area contributed by atoms with Crippen LogP contribution in [0.15, 0.2) is 42.3 Å². The van der Waals surface area contributed by atoms with E-state index in [0.29, 0.717) is 0 Å². The lowest BCUT2D eigenvalue weighted by atomic mass is 9.96. The summed E-state index contributed by atoms with van der Waals surface area (Å²) in [5.41, 5.74) is 3.26. The monoisotopic (exact) mass is 494 g/mol. The average Bonchev–Trinajstić information content (AvgIpc) is 2.60. The molecule has 30 heavy (non-hydrogen) atoms. The molecule has 0 saturated carbocycles. The molecule has 0 spiro atoms. The molecule has 6 N–H and O–H groups in total. The summed E-state index contributed by atoms with van der Waals surface area (Å²) in [6, 6.07) is 0. The summed E-state index contributed by atoms with van der Waals surface area (Å²) in [5.74, 6) is -0.147. The van der Waals surface area contributed by atoms with Crippen LogP contribution in [0.4, 0.5) is 4.39 Å². The highest BCUT2D eigenvalue weighted by Gasteiger charge is 2.48. The number of amidine groups is 1. The Morgan fingerprint density at radius 2 is 2.07 bits per heavy atom. The van der Waals surface area contributed by atoms with Crippen molar-refractivity contribution in [3.8, 4) is 0 Å². The van der Waals surface area contributed by atoms with E-state index >= 15 is 0 Å². The summed E-state index contributed by atoms with van der Waals surface area (Å²) in [6.07, 6.45) is -1.25. The van der Waals surface area contributed by atoms with Crippen LogP contribution in [0, 0.1) is 0 Å². The number of methoxy groups -OCH3 is 1. The lowest BCUT2D eigenvalue weighted by Crippen LogP contribution is -2.54. The number of halogens is 1. The molecule has 1 heterocycles. The van der Waals surface area contributed by atoms with Gasteiger partial charge in [0.05, 0.1) is 6.61 Å². The number of ether oxygens (including phenoxy) is 1. The number of hydrogen-bond acceptors (Lipinski definition) is 11. The number of hydrogen-bond donors (Lipinski definition) is 5. The first-order valence-electron chi connectivity index (χ1n) is 7.56. The Labute approximate surface area is 170 Å². The molecule has 1 aliphatic heterocycles. The molecule has 6 atom stereocenters. The molecular formula is C12H20FN3O11P3+. The van der Waals surface area contributed by atoms with Crippen LogP contribution in [-0.4, -0.2) is 62.2 Å². The molecule has 0 amide bonds. The molecule has 0 aromatic carbocycles. The van der Waals surface area contributed by atoms with E-state index in [2.05, 4.69) is 31.3 Å². The fraction of sp³-hybridized carbons (Fsp3) is 0.417. The van der Waals surface area contributed by atoms with Gasteiger partial charge in [-0.1, -0.05) is 12.7 Å². The number of nitrogens with zero attached hydrogens (tertiary/aromatic N) is 2. The van der Waals surface area contributed by atoms with Crippen molar-refractivity contribution in [1.82, 2.24) is 4.90 Å². The third-order valence-corrected chi connectivity index (χ3v) is 7.04. The molecule has 0 fully saturated rings. The number of aliphatic imine (C=N–C) groups is 1. The van der Waals surface area contributed by atoms with Gasteiger partial charge in [0.1, 0.15) is 23.4 Å². The number of phosphoric acid groups is 2. The van der Waals surface area contributed by atoms with Crippen molar-refractivity contribution in [2.24, 2.45) is 10.7 Å². The maximum Gasteiger partial charge on any atom is 0.705 e. The van der Waals surface area contributed by atoms with Crippen LogP contribution in [0.25, 0.3) is 0 Å². The average molecular weight is 494 g/mol. The van der Waals surface area contributed by atoms with Crippen molar-refractivity contribution in [1.29, 1.82) is 0 Å². The predicted octanol–water partition coefficient (Wildman–Crippen LogP) is 0.772. The van der Waals surface area contributed by atoms with E-state index in [9.17, 15) is 28.1 Å². The van der Waals surface area contributed by atoms with Crippen LogP contribution in [-0.2, 0) is 31.6 Å². The summed E-state index contributed by atoms with van der Waals surface area (Å²) in [5, 5.41) is 10.5. The normalized spacial score (nSPS) is 22.9. The molecular weight excluding hydrogens is 474 g/mol. The lowest BCUT2D eigenvalue weighted by Gasteiger charge is -2.38. The van der Waals surface area contributed by atoms with Gasteiger partial charge in [-0.05, 0) is 10.4 Å². The summed E-state index contributed by atoms with van der Waals surface area (Å²) >= 11 is 0. The van der Waals surface area contributed by atoms with E-state index < -0.39 is 48.5 Å². The van der Waals surface area contributed by atoms with Gasteiger partial charge in [-0.2, -0.15) is 4.31 Å². The van der Waals surface area contributed by atoms with E-state index in [-0.39, 0.29) is 11.7 Å². The summed E-state index contributed by atoms with van der Waals surface area (Å²) < 4.78 is 65.4. The highest BCUT2D eigenvalue weighted by atomic mass is 31.3. The zero-order valence-electron chi connectivity index (χ0n) is 15.3. The lowest BCUT2D eigenvalue weighted by molar-refractivity contribution is -0.139. The van der Waals surface area contributed by atoms with E-state index in [0.717, 1.165) is 24.3 Å². The quantitative estimate of drug-likeness (QED) is 0.144. The van der Waals surface area contributed by atoms with E-state index in [1.807, 2.05) is 0 Å². The first-order valence-corrected chi connectivity index (χ1v) is 11.7. The number of rotatable bonds is 12. The predicted molar refractivity (Wildman–Crippen MR) is 100 cm³/mol. The maximum absolute atomic E-state index is 14.9. The van der Waals surface area contributed by atoms with Gasteiger partial charge in [-0.15, -0.1) is 11.5 Å². The summed E-state index contributed by atoms with van der Waals surface area (Å²) in [6.45, 7) is 5.69. The molecule has 0 aromatic heterocycles. The second-order valence-electron chi connectivity index (χ2n) is 5.47. The van der Waals surface area contributed by atoms with Gasteiger partial charge >= 0.3 is 23.9 Å². The van der Waals surface area contributed by atoms with Crippen LogP contribution in [0.1, 0.15) is 0 Å². The van der Waals surface area contributed by atoms with Crippen LogP contribution in [0.2, 0.25) is 0 Å². The number of phosphoric ester groups is 1. The molecule has 0 aromatic rings. The fourth-order valence-electron chi connectivity index (χ4n) is 2.06. The second-order valence-corrected chi connectivity index (χ2v) is 9.38. The zero-order chi connectivity index (χ0) is 23.3. The van der Waals surface area contributed by atoms with Gasteiger partial charge in [0.15, 0.2) is 0 Å². The third-order valence-electron chi connectivity index (χ3n) is 3.55. The fourth-order valence-corrected chi connectivity index (χ4v) is 4.75. The molecule has 1 rings (SSSR count). The molecule has 0 aliphatic carbocycles. The van der Waals surface area contributed by atoms with Crippen LogP contribution in [0.3, 0.4) is 0 Å². The Morgan fingerprint density at radius 1 is 1.47 bits per heavy atom. The molecule has 0 saturated heterocycles. The molecule has 14 nitrogen and oxygen atoms in total. The Kier molecular flexibility index (Phi) is 9.18. The van der Waals surface area contributed by atoms with Gasteiger partial charge in [0, 0.05) is 17.9 Å². The van der Waals surface area contributed by atoms with Gasteiger partial charge in [0.25, 0.3) is 0 Å². The highest BCUT2D eigenvalue weighted by molar-refractivity contribution is 7.64. The molecule has 170 valence electrons. The van der Waals surface area contributed by atoms with E-state index in [1.165, 1.54) is 6.08 Å². The molecule has 18 heteroatoms. The molecule has 0 radical (unpaired) electrons. The van der Waals surface area contributed by atoms with Crippen LogP contribution >= 0.6 is 23.9 Å². The van der Waals surface area contributed by atoms with E-state index in [4.69, 9.17) is 20.3 Å². The van der Waals surface area contributed by atoms with Crippen molar-refractivity contribution in [2.45, 2.75) is 18.0 Å². The van der Waals surface area contributed by atoms with Crippen LogP contribution in [0.5, 0.6) is 0 Å². The SMILES string of the molecule is C=CC(COP(=O)(O)OP(=O)(O)O[P+](=O)O)(OC)[C@@H](O)[C@@H](F)N1C=CC(N)=NC1=C. The Hall–Kier alpha value is -1.34. The van der Waals surface area contributed by atoms with Gasteiger partial charge in [-0.25, -0.2) is 18.5 Å². The third kappa shape index (κ3) is 7.12. The maximum atomic E-state index is 14.9. The van der Waals surface area contributed by atoms with Gasteiger partial charge in [-0.3, -0.25) is 9.42 Å². The van der Waals surface area contributed by atoms with Crippen molar-refractivity contribution in [3.63, 3.8) is 0 Å². The first-order chi connectivity index (χ1) is 13.7. The Bertz CT molecular complexity index is 853. The van der Waals surface area contributed by atoms with Gasteiger partial charge < -0.3 is 25.4 Å². The zero-order valence-corrected chi connectivity index (χ0v) is 18.0. The largest absolute Gasteiger partial charge is 0.705 e. The van der Waals surface area contributed by atoms with Crippen LogP contribution < -0.4 is 5.73 Å². The Balaban J connectivity index is 2.98. The molecule has 0 bridgehead atoms.